The fourth-order valence-electron chi connectivity index (χ4n) is 0. The third-order valence-electron chi connectivity index (χ3n) is 0.0598. The second-order valence-corrected chi connectivity index (χ2v) is 0.559. The Morgan fingerprint density at radius 2 is 1.83 bits per heavy atom. The van der Waals surface area contributed by atoms with E-state index >= 15 is 0 Å². The molecule has 0 spiro atoms. The molecule has 0 aliphatic rings. The second kappa shape index (κ2) is 19.8. The summed E-state index contributed by atoms with van der Waals surface area (Å²) in [5.41, 5.74) is 0. The monoisotopic (exact) mass is 128 g/mol. The van der Waals surface area contributed by atoms with Gasteiger partial charge in [-0.25, -0.2) is 0 Å². The largest absolute Gasteiger partial charge is 0.344 e. The molecule has 6 heavy (non-hydrogen) atoms. The van der Waals surface area contributed by atoms with Crippen LogP contribution in [0.15, 0.2) is 0 Å². The van der Waals surface area contributed by atoms with Crippen molar-refractivity contribution in [1.82, 2.24) is 6.15 Å². The Hall–Kier alpha value is 0.0300. The fourth-order valence-corrected chi connectivity index (χ4v) is 0. The number of hydrogen-bond acceptors (Lipinski definition) is 2. The molecule has 0 aromatic carbocycles. The molecule has 0 radical (unpaired) electrons. The molecule has 3 N–H and O–H groups in total. The van der Waals surface area contributed by atoms with Crippen molar-refractivity contribution in [2.45, 2.75) is 0 Å². The molecule has 0 aliphatic carbocycles. The summed E-state index contributed by atoms with van der Waals surface area (Å²) in [5.74, 6) is 0.0972. The quantitative estimate of drug-likeness (QED) is 0.501. The van der Waals surface area contributed by atoms with E-state index in [4.69, 9.17) is 16.9 Å². The second-order valence-electron chi connectivity index (χ2n) is 0.292. The molecule has 0 heterocycles. The Morgan fingerprint density at radius 1 is 1.67 bits per heavy atom. The first kappa shape index (κ1) is 16.6. The lowest BCUT2D eigenvalue weighted by molar-refractivity contribution is 1.49. The number of rotatable bonds is 0. The first-order chi connectivity index (χ1) is 1.91. The maximum absolute atomic E-state index is 7.49. The maximum Gasteiger partial charge on any atom is 0.109 e. The average molecular weight is 129 g/mol. The molecule has 38 valence electrons. The predicted molar refractivity (Wildman–Crippen MR) is 28.6 cm³/mol. The van der Waals surface area contributed by atoms with E-state index in [2.05, 4.69) is 0 Å². The van der Waals surface area contributed by atoms with Crippen molar-refractivity contribution >= 4 is 24.0 Å². The molecular weight excluding hydrogens is 123 g/mol. The van der Waals surface area contributed by atoms with Crippen molar-refractivity contribution in [3.63, 3.8) is 0 Å². The molecule has 4 heteroatoms. The van der Waals surface area contributed by atoms with Crippen molar-refractivity contribution in [2.75, 3.05) is 5.88 Å². The van der Waals surface area contributed by atoms with Crippen LogP contribution in [0.3, 0.4) is 0 Å². The summed E-state index contributed by atoms with van der Waals surface area (Å²) in [6.07, 6.45) is 0. The molecule has 0 aromatic rings. The smallest absolute Gasteiger partial charge is 0.109 e. The van der Waals surface area contributed by atoms with Crippen molar-refractivity contribution in [2.24, 2.45) is 0 Å². The van der Waals surface area contributed by atoms with Crippen LogP contribution < -0.4 is 6.15 Å². The zero-order chi connectivity index (χ0) is 3.41. The van der Waals surface area contributed by atoms with Crippen LogP contribution in [0.25, 0.3) is 0 Å². The first-order valence-electron chi connectivity index (χ1n) is 0.844. The third kappa shape index (κ3) is 34.9. The number of nitriles is 1. The van der Waals surface area contributed by atoms with Crippen molar-refractivity contribution in [1.29, 1.82) is 5.26 Å². The number of nitrogens with zero attached hydrogens (tertiary/aromatic N) is 1. The van der Waals surface area contributed by atoms with E-state index in [9.17, 15) is 0 Å². The molecule has 0 saturated heterocycles. The summed E-state index contributed by atoms with van der Waals surface area (Å²) in [5, 5.41) is 7.49. The lowest BCUT2D eigenvalue weighted by atomic mass is 10.9. The van der Waals surface area contributed by atoms with Gasteiger partial charge < -0.3 is 6.15 Å². The lowest BCUT2D eigenvalue weighted by Gasteiger charge is -1.44. The van der Waals surface area contributed by atoms with Crippen LogP contribution in [-0.4, -0.2) is 5.88 Å². The van der Waals surface area contributed by atoms with E-state index < -0.39 is 0 Å². The van der Waals surface area contributed by atoms with Gasteiger partial charge in [-0.3, -0.25) is 0 Å². The van der Waals surface area contributed by atoms with Crippen LogP contribution in [-0.2, 0) is 0 Å². The topological polar surface area (TPSA) is 58.8 Å². The molecule has 0 unspecified atom stereocenters. The van der Waals surface area contributed by atoms with Gasteiger partial charge in [0.25, 0.3) is 0 Å². The SMILES string of the molecule is Cl.N.N#CCCl. The minimum atomic E-state index is 0. The highest BCUT2D eigenvalue weighted by Gasteiger charge is 1.52. The summed E-state index contributed by atoms with van der Waals surface area (Å²) >= 11 is 4.82. The van der Waals surface area contributed by atoms with Crippen molar-refractivity contribution < 1.29 is 0 Å². The van der Waals surface area contributed by atoms with Crippen LogP contribution in [0.1, 0.15) is 0 Å². The Morgan fingerprint density at radius 3 is 1.83 bits per heavy atom. The van der Waals surface area contributed by atoms with Gasteiger partial charge >= 0.3 is 0 Å². The van der Waals surface area contributed by atoms with Crippen LogP contribution >= 0.6 is 24.0 Å². The van der Waals surface area contributed by atoms with Gasteiger partial charge in [0.1, 0.15) is 5.88 Å². The summed E-state index contributed by atoms with van der Waals surface area (Å²) in [7, 11) is 0. The van der Waals surface area contributed by atoms with Crippen LogP contribution in [0, 0.1) is 11.3 Å². The van der Waals surface area contributed by atoms with E-state index in [0.717, 1.165) is 0 Å². The first-order valence-corrected chi connectivity index (χ1v) is 1.38. The number of halogens is 2. The molecule has 0 bridgehead atoms. The lowest BCUT2D eigenvalue weighted by Crippen LogP contribution is -1.47. The maximum atomic E-state index is 7.49. The average Bonchev–Trinajstić information content (AvgIpc) is 1.37. The van der Waals surface area contributed by atoms with E-state index in [-0.39, 0.29) is 24.4 Å². The normalized spacial score (nSPS) is 3.33. The molecule has 0 aliphatic heterocycles. The van der Waals surface area contributed by atoms with Crippen LogP contribution in [0.4, 0.5) is 0 Å². The number of alkyl halides is 1. The van der Waals surface area contributed by atoms with Gasteiger partial charge in [0.05, 0.1) is 6.07 Å². The van der Waals surface area contributed by atoms with Gasteiger partial charge in [-0.2, -0.15) is 5.26 Å². The Labute approximate surface area is 48.1 Å². The van der Waals surface area contributed by atoms with Gasteiger partial charge in [-0.05, 0) is 0 Å². The summed E-state index contributed by atoms with van der Waals surface area (Å²) in [4.78, 5) is 0. The Bertz CT molecular complexity index is 39.3. The third-order valence-corrected chi connectivity index (χ3v) is 0.179. The van der Waals surface area contributed by atoms with E-state index in [0.29, 0.717) is 0 Å². The van der Waals surface area contributed by atoms with Gasteiger partial charge in [-0.15, -0.1) is 24.0 Å². The van der Waals surface area contributed by atoms with Crippen LogP contribution in [0.5, 0.6) is 0 Å². The summed E-state index contributed by atoms with van der Waals surface area (Å²) < 4.78 is 0. The van der Waals surface area contributed by atoms with Crippen LogP contribution in [0.2, 0.25) is 0 Å². The minimum Gasteiger partial charge on any atom is -0.344 e. The zero-order valence-electron chi connectivity index (χ0n) is 3.15. The van der Waals surface area contributed by atoms with Gasteiger partial charge in [0.15, 0.2) is 0 Å². The Balaban J connectivity index is -0.0000000450. The molecule has 0 saturated carbocycles. The zero-order valence-corrected chi connectivity index (χ0v) is 4.72. The van der Waals surface area contributed by atoms with Gasteiger partial charge in [-0.1, -0.05) is 0 Å². The highest BCUT2D eigenvalue weighted by atomic mass is 35.5. The van der Waals surface area contributed by atoms with Crippen molar-refractivity contribution in [3.8, 4) is 6.07 Å². The van der Waals surface area contributed by atoms with E-state index in [1.54, 1.807) is 6.07 Å². The molecule has 0 fully saturated rings. The molecule has 0 aromatic heterocycles. The number of hydrogen-bond donors (Lipinski definition) is 1. The Kier molecular flexibility index (Phi) is 54.9. The molecule has 0 rings (SSSR count). The van der Waals surface area contributed by atoms with Gasteiger partial charge in [0.2, 0.25) is 0 Å². The summed E-state index contributed by atoms with van der Waals surface area (Å²) in [6, 6.07) is 1.70. The van der Waals surface area contributed by atoms with E-state index in [1.165, 1.54) is 0 Å². The molecule has 2 nitrogen and oxygen atoms in total. The molecule has 0 atom stereocenters. The van der Waals surface area contributed by atoms with Gasteiger partial charge in [0, 0.05) is 0 Å². The predicted octanol–water partition coefficient (Wildman–Crippen LogP) is 1.33. The standard InChI is InChI=1S/C2H2ClN.ClH.H3N/c3-1-2-4;;/h1H2;1H;1H3. The highest BCUT2D eigenvalue weighted by Crippen LogP contribution is 1.61. The molecular formula is C2H6Cl2N2. The van der Waals surface area contributed by atoms with Crippen molar-refractivity contribution in [3.05, 3.63) is 0 Å². The highest BCUT2D eigenvalue weighted by molar-refractivity contribution is 6.19. The summed E-state index contributed by atoms with van der Waals surface area (Å²) in [6.45, 7) is 0. The minimum absolute atomic E-state index is 0. The fraction of sp³-hybridized carbons (Fsp3) is 0.500. The molecule has 0 amide bonds. The van der Waals surface area contributed by atoms with E-state index in [1.807, 2.05) is 0 Å².